The van der Waals surface area contributed by atoms with Crippen molar-refractivity contribution in [3.8, 4) is 0 Å². The molecule has 0 aromatic heterocycles. The quantitative estimate of drug-likeness (QED) is 0.0559. The number of nitro benzene ring substituents is 1. The first kappa shape index (κ1) is 47.8. The number of nitrogens with one attached hydrogen (secondary N) is 6. The van der Waals surface area contributed by atoms with Crippen LogP contribution in [-0.4, -0.2) is 122 Å². The number of benzene rings is 1. The minimum absolute atomic E-state index is 0.0211. The summed E-state index contributed by atoms with van der Waals surface area (Å²) in [6, 6.07) is -3.64. The smallest absolute Gasteiger partial charge is 0.269 e. The Labute approximate surface area is 333 Å². The van der Waals surface area contributed by atoms with Crippen LogP contribution in [0.4, 0.5) is 5.69 Å². The topological polar surface area (TPSA) is 344 Å². The fourth-order valence-corrected chi connectivity index (χ4v) is 6.60. The number of rotatable bonds is 17. The van der Waals surface area contributed by atoms with Gasteiger partial charge in [-0.1, -0.05) is 32.4 Å². The highest BCUT2D eigenvalue weighted by atomic mass is 32.2. The van der Waals surface area contributed by atoms with Gasteiger partial charge in [0.1, 0.15) is 36.3 Å². The SMILES string of the molecule is CC(C)[C@H](NC(=O)[C@@H](NC(=O)C1CSCCCCCC(=O)NC(CC(N)=O)C(=O)N1)[C@@H](C)O)C(=O)N[C@H](C(=O)N[C@@H](Cc1ccc([N+](=O)[O-])cc1)C(N)=O)[C@@H](C)O. The summed E-state index contributed by atoms with van der Waals surface area (Å²) in [7, 11) is 0. The fourth-order valence-electron chi connectivity index (χ4n) is 5.56. The van der Waals surface area contributed by atoms with Gasteiger partial charge in [0, 0.05) is 30.7 Å². The predicted octanol–water partition coefficient (Wildman–Crippen LogP) is -2.87. The molecule has 1 heterocycles. The first-order valence-electron chi connectivity index (χ1n) is 18.3. The average Bonchev–Trinajstić information content (AvgIpc) is 3.13. The zero-order valence-corrected chi connectivity index (χ0v) is 33.0. The zero-order chi connectivity index (χ0) is 43.0. The van der Waals surface area contributed by atoms with Gasteiger partial charge in [-0.25, -0.2) is 0 Å². The third kappa shape index (κ3) is 16.0. The Balaban J connectivity index is 2.22. The van der Waals surface area contributed by atoms with Gasteiger partial charge in [-0.2, -0.15) is 11.8 Å². The maximum absolute atomic E-state index is 13.6. The summed E-state index contributed by atoms with van der Waals surface area (Å²) in [5.74, 6) is -7.16. The van der Waals surface area contributed by atoms with Gasteiger partial charge in [-0.3, -0.25) is 48.5 Å². The molecule has 8 atom stereocenters. The molecule has 8 amide bonds. The van der Waals surface area contributed by atoms with Crippen LogP contribution in [-0.2, 0) is 44.8 Å². The summed E-state index contributed by atoms with van der Waals surface area (Å²) in [5, 5.41) is 46.5. The van der Waals surface area contributed by atoms with E-state index in [1.54, 1.807) is 13.8 Å². The van der Waals surface area contributed by atoms with Crippen LogP contribution in [0.15, 0.2) is 24.3 Å². The minimum Gasteiger partial charge on any atom is -0.391 e. The summed E-state index contributed by atoms with van der Waals surface area (Å²) >= 11 is 1.32. The number of thioether (sulfide) groups is 1. The highest BCUT2D eigenvalue weighted by molar-refractivity contribution is 7.99. The summed E-state index contributed by atoms with van der Waals surface area (Å²) < 4.78 is 0. The van der Waals surface area contributed by atoms with Crippen LogP contribution in [0.25, 0.3) is 0 Å². The molecule has 316 valence electrons. The van der Waals surface area contributed by atoms with Gasteiger partial charge in [-0.05, 0) is 43.9 Å². The van der Waals surface area contributed by atoms with Crippen molar-refractivity contribution in [2.24, 2.45) is 17.4 Å². The van der Waals surface area contributed by atoms with E-state index < -0.39 is 113 Å². The van der Waals surface area contributed by atoms with E-state index in [1.165, 1.54) is 49.9 Å². The van der Waals surface area contributed by atoms with E-state index in [1.807, 2.05) is 0 Å². The molecule has 1 aromatic rings. The molecule has 0 spiro atoms. The Bertz CT molecular complexity index is 1630. The third-order valence-electron chi connectivity index (χ3n) is 8.79. The van der Waals surface area contributed by atoms with Crippen molar-refractivity contribution in [3.05, 3.63) is 39.9 Å². The number of nitrogens with two attached hydrogens (primary N) is 2. The lowest BCUT2D eigenvalue weighted by Crippen LogP contribution is -2.63. The number of carbonyl (C=O) groups excluding carboxylic acids is 8. The first-order chi connectivity index (χ1) is 26.7. The van der Waals surface area contributed by atoms with Crippen LogP contribution in [0.1, 0.15) is 65.4 Å². The molecular weight excluding hydrogens is 771 g/mol. The van der Waals surface area contributed by atoms with Gasteiger partial charge in [-0.15, -0.1) is 0 Å². The molecule has 2 rings (SSSR count). The van der Waals surface area contributed by atoms with E-state index in [4.69, 9.17) is 11.5 Å². The van der Waals surface area contributed by atoms with Gasteiger partial charge >= 0.3 is 0 Å². The Morgan fingerprint density at radius 2 is 1.40 bits per heavy atom. The third-order valence-corrected chi connectivity index (χ3v) is 9.93. The molecular formula is C35H53N9O12S. The van der Waals surface area contributed by atoms with E-state index in [-0.39, 0.29) is 24.3 Å². The van der Waals surface area contributed by atoms with Crippen LogP contribution in [0.3, 0.4) is 0 Å². The van der Waals surface area contributed by atoms with Crippen LogP contribution < -0.4 is 43.4 Å². The molecule has 0 bridgehead atoms. The number of aliphatic hydroxyl groups is 2. The number of nitrogens with zero attached hydrogens (tertiary/aromatic N) is 1. The summed E-state index contributed by atoms with van der Waals surface area (Å²) in [6.07, 6.45) is -1.74. The largest absolute Gasteiger partial charge is 0.391 e. The second kappa shape index (κ2) is 23.0. The van der Waals surface area contributed by atoms with Crippen LogP contribution in [0.2, 0.25) is 0 Å². The van der Waals surface area contributed by atoms with Crippen molar-refractivity contribution < 1.29 is 53.5 Å². The lowest BCUT2D eigenvalue weighted by atomic mass is 10.0. The second-order valence-corrected chi connectivity index (χ2v) is 15.2. The van der Waals surface area contributed by atoms with Crippen molar-refractivity contribution >= 4 is 64.7 Å². The maximum Gasteiger partial charge on any atom is 0.269 e. The molecule has 22 heteroatoms. The highest BCUT2D eigenvalue weighted by Gasteiger charge is 2.37. The van der Waals surface area contributed by atoms with E-state index in [2.05, 4.69) is 31.9 Å². The normalized spacial score (nSPS) is 19.8. The van der Waals surface area contributed by atoms with Gasteiger partial charge < -0.3 is 53.6 Å². The van der Waals surface area contributed by atoms with Gasteiger partial charge in [0.15, 0.2) is 0 Å². The summed E-state index contributed by atoms with van der Waals surface area (Å²) in [5.41, 5.74) is 11.0. The van der Waals surface area contributed by atoms with Gasteiger partial charge in [0.05, 0.1) is 23.6 Å². The number of hydrogen-bond acceptors (Lipinski definition) is 13. The van der Waals surface area contributed by atoms with Crippen LogP contribution >= 0.6 is 11.8 Å². The Kier molecular flexibility index (Phi) is 19.3. The van der Waals surface area contributed by atoms with E-state index in [0.29, 0.717) is 30.6 Å². The molecule has 1 fully saturated rings. The van der Waals surface area contributed by atoms with Crippen LogP contribution in [0.5, 0.6) is 0 Å². The minimum atomic E-state index is -1.68. The Hall–Kier alpha value is -5.35. The van der Waals surface area contributed by atoms with E-state index in [0.717, 1.165) is 0 Å². The number of aliphatic hydroxyl groups excluding tert-OH is 2. The molecule has 1 aliphatic rings. The monoisotopic (exact) mass is 823 g/mol. The molecule has 1 saturated heterocycles. The number of primary amides is 2. The maximum atomic E-state index is 13.6. The average molecular weight is 824 g/mol. The van der Waals surface area contributed by atoms with Crippen molar-refractivity contribution in [1.82, 2.24) is 31.9 Å². The van der Waals surface area contributed by atoms with E-state index >= 15 is 0 Å². The van der Waals surface area contributed by atoms with Crippen LogP contribution in [0, 0.1) is 16.0 Å². The number of amides is 8. The highest BCUT2D eigenvalue weighted by Crippen LogP contribution is 2.15. The van der Waals surface area contributed by atoms with E-state index in [9.17, 15) is 58.7 Å². The van der Waals surface area contributed by atoms with Crippen molar-refractivity contribution in [3.63, 3.8) is 0 Å². The molecule has 21 nitrogen and oxygen atoms in total. The molecule has 1 aliphatic heterocycles. The second-order valence-electron chi connectivity index (χ2n) is 14.0. The molecule has 0 radical (unpaired) electrons. The van der Waals surface area contributed by atoms with Gasteiger partial charge in [0.25, 0.3) is 5.69 Å². The predicted molar refractivity (Wildman–Crippen MR) is 205 cm³/mol. The van der Waals surface area contributed by atoms with Gasteiger partial charge in [0.2, 0.25) is 47.3 Å². The Morgan fingerprint density at radius 1 is 0.842 bits per heavy atom. The lowest BCUT2D eigenvalue weighted by Gasteiger charge is -2.30. The standard InChI is InChI=1S/C35H53N9O12S/c1-17(2)27(33(52)43-28(18(3)45)34(53)39-22(30(37)49)14-20-9-11-21(12-10-20)44(55)56)41-35(54)29(19(4)46)42-32(51)24-16-57-13-7-5-6-8-26(48)38-23(15-25(36)47)31(50)40-24/h9-12,17-19,22-24,27-29,45-46H,5-8,13-16H2,1-4H3,(H2,36,47)(H2,37,49)(H,38,48)(H,39,53)(H,40,50)(H,41,54)(H,42,51)(H,43,52)/t18-,19-,22+,23?,24?,27+,28+,29+/m1/s1. The first-order valence-corrected chi connectivity index (χ1v) is 19.4. The molecule has 0 saturated carbocycles. The number of carbonyl (C=O) groups is 8. The lowest BCUT2D eigenvalue weighted by molar-refractivity contribution is -0.384. The molecule has 12 N–H and O–H groups in total. The molecule has 2 unspecified atom stereocenters. The molecule has 57 heavy (non-hydrogen) atoms. The number of non-ortho nitro benzene ring substituents is 1. The summed E-state index contributed by atoms with van der Waals surface area (Å²) in [6.45, 7) is 5.48. The number of hydrogen-bond donors (Lipinski definition) is 10. The molecule has 1 aromatic carbocycles. The van der Waals surface area contributed by atoms with Crippen molar-refractivity contribution in [2.45, 2.75) is 115 Å². The summed E-state index contributed by atoms with van der Waals surface area (Å²) in [4.78, 5) is 114. The Morgan fingerprint density at radius 3 is 1.95 bits per heavy atom. The molecule has 0 aliphatic carbocycles. The fraction of sp³-hybridized carbons (Fsp3) is 0.600. The van der Waals surface area contributed by atoms with Crippen molar-refractivity contribution in [2.75, 3.05) is 11.5 Å². The zero-order valence-electron chi connectivity index (χ0n) is 32.1. The van der Waals surface area contributed by atoms with Crippen molar-refractivity contribution in [1.29, 1.82) is 0 Å². The number of nitro groups is 1.